The van der Waals surface area contributed by atoms with Gasteiger partial charge in [-0.3, -0.25) is 0 Å². The fourth-order valence-corrected chi connectivity index (χ4v) is 3.35. The van der Waals surface area contributed by atoms with Crippen molar-refractivity contribution in [2.45, 2.75) is 31.1 Å². The third-order valence-electron chi connectivity index (χ3n) is 4.45. The average Bonchev–Trinajstić information content (AvgIpc) is 3.07. The number of aryl methyl sites for hydroxylation is 1. The molecule has 1 unspecified atom stereocenters. The summed E-state index contributed by atoms with van der Waals surface area (Å²) in [5, 5.41) is 9.45. The molecular weight excluding hydrogens is 258 g/mol. The van der Waals surface area contributed by atoms with Crippen LogP contribution in [0.4, 0.5) is 4.79 Å². The van der Waals surface area contributed by atoms with Crippen molar-refractivity contribution in [3.63, 3.8) is 0 Å². The Kier molecular flexibility index (Phi) is 3.40. The van der Waals surface area contributed by atoms with Crippen LogP contribution in [0, 0.1) is 0 Å². The number of amides is 1. The van der Waals surface area contributed by atoms with Crippen LogP contribution in [-0.2, 0) is 21.4 Å². The molecule has 20 heavy (non-hydrogen) atoms. The second kappa shape index (κ2) is 5.07. The van der Waals surface area contributed by atoms with Gasteiger partial charge < -0.3 is 19.5 Å². The van der Waals surface area contributed by atoms with E-state index >= 15 is 0 Å². The van der Waals surface area contributed by atoms with Crippen molar-refractivity contribution < 1.29 is 19.4 Å². The zero-order valence-corrected chi connectivity index (χ0v) is 11.5. The third-order valence-corrected chi connectivity index (χ3v) is 4.45. The monoisotopic (exact) mass is 277 g/mol. The predicted octanol–water partition coefficient (Wildman–Crippen LogP) is 2.20. The number of ether oxygens (including phenoxy) is 2. The van der Waals surface area contributed by atoms with Crippen molar-refractivity contribution in [1.82, 2.24) is 4.90 Å². The summed E-state index contributed by atoms with van der Waals surface area (Å²) in [5.41, 5.74) is 1.76. The van der Waals surface area contributed by atoms with Gasteiger partial charge in [-0.05, 0) is 24.0 Å². The molecule has 1 amide bonds. The molecule has 1 saturated heterocycles. The second-order valence-electron chi connectivity index (χ2n) is 5.41. The van der Waals surface area contributed by atoms with E-state index in [9.17, 15) is 9.90 Å². The lowest BCUT2D eigenvalue weighted by Crippen LogP contribution is -2.47. The van der Waals surface area contributed by atoms with Gasteiger partial charge in [-0.15, -0.1) is 0 Å². The Labute approximate surface area is 118 Å². The molecule has 1 atom stereocenters. The molecule has 5 nitrogen and oxygen atoms in total. The van der Waals surface area contributed by atoms with Gasteiger partial charge in [0.05, 0.1) is 18.8 Å². The van der Waals surface area contributed by atoms with E-state index in [4.69, 9.17) is 9.47 Å². The number of carbonyl (C=O) groups is 1. The summed E-state index contributed by atoms with van der Waals surface area (Å²) in [4.78, 5) is 12.9. The second-order valence-corrected chi connectivity index (χ2v) is 5.41. The Bertz CT molecular complexity index is 512. The lowest BCUT2D eigenvalue weighted by molar-refractivity contribution is -0.0793. The van der Waals surface area contributed by atoms with Crippen LogP contribution < -0.4 is 0 Å². The van der Waals surface area contributed by atoms with Crippen molar-refractivity contribution in [1.29, 1.82) is 0 Å². The fourth-order valence-electron chi connectivity index (χ4n) is 3.35. The summed E-state index contributed by atoms with van der Waals surface area (Å²) in [5.74, 6) is 0. The van der Waals surface area contributed by atoms with Crippen molar-refractivity contribution in [2.24, 2.45) is 0 Å². The number of benzene rings is 1. The Hall–Kier alpha value is -1.59. The number of hydrogen-bond acceptors (Lipinski definition) is 3. The third kappa shape index (κ3) is 2.07. The van der Waals surface area contributed by atoms with E-state index in [1.165, 1.54) is 10.5 Å². The van der Waals surface area contributed by atoms with Gasteiger partial charge >= 0.3 is 6.09 Å². The molecule has 3 rings (SSSR count). The zero-order valence-electron chi connectivity index (χ0n) is 11.5. The molecule has 108 valence electrons. The van der Waals surface area contributed by atoms with E-state index in [1.807, 2.05) is 18.2 Å². The molecule has 1 aliphatic heterocycles. The highest BCUT2D eigenvalue weighted by Gasteiger charge is 2.46. The van der Waals surface area contributed by atoms with Crippen LogP contribution in [0.15, 0.2) is 24.3 Å². The van der Waals surface area contributed by atoms with E-state index in [2.05, 4.69) is 6.07 Å². The van der Waals surface area contributed by atoms with Gasteiger partial charge in [0, 0.05) is 13.5 Å². The molecule has 0 radical (unpaired) electrons. The van der Waals surface area contributed by atoms with Crippen LogP contribution >= 0.6 is 0 Å². The van der Waals surface area contributed by atoms with Crippen LogP contribution in [-0.4, -0.2) is 42.7 Å². The van der Waals surface area contributed by atoms with Crippen molar-refractivity contribution >= 4 is 6.09 Å². The molecule has 1 heterocycles. The first-order valence-corrected chi connectivity index (χ1v) is 6.92. The van der Waals surface area contributed by atoms with E-state index in [0.717, 1.165) is 18.4 Å². The minimum absolute atomic E-state index is 0.317. The number of hydrogen-bond donors (Lipinski definition) is 1. The fraction of sp³-hybridized carbons (Fsp3) is 0.533. The molecule has 1 aromatic carbocycles. The molecule has 1 aliphatic carbocycles. The van der Waals surface area contributed by atoms with Gasteiger partial charge in [-0.25, -0.2) is 4.79 Å². The van der Waals surface area contributed by atoms with E-state index in [-0.39, 0.29) is 6.29 Å². The summed E-state index contributed by atoms with van der Waals surface area (Å²) in [6, 6.07) is 8.06. The van der Waals surface area contributed by atoms with Gasteiger partial charge in [0.2, 0.25) is 0 Å². The molecule has 1 N–H and O–H groups in total. The van der Waals surface area contributed by atoms with Gasteiger partial charge in [0.25, 0.3) is 0 Å². The quantitative estimate of drug-likeness (QED) is 0.920. The maximum absolute atomic E-state index is 11.5. The molecule has 0 spiro atoms. The number of rotatable bonds is 3. The summed E-state index contributed by atoms with van der Waals surface area (Å²) >= 11 is 0. The first kappa shape index (κ1) is 13.4. The van der Waals surface area contributed by atoms with E-state index < -0.39 is 11.6 Å². The molecule has 0 aromatic heterocycles. The highest BCUT2D eigenvalue weighted by atomic mass is 16.7. The van der Waals surface area contributed by atoms with Gasteiger partial charge in [0.15, 0.2) is 6.29 Å². The van der Waals surface area contributed by atoms with Crippen LogP contribution in [0.25, 0.3) is 0 Å². The minimum Gasteiger partial charge on any atom is -0.465 e. The smallest absolute Gasteiger partial charge is 0.407 e. The Balaban J connectivity index is 1.98. The predicted molar refractivity (Wildman–Crippen MR) is 72.5 cm³/mol. The van der Waals surface area contributed by atoms with Crippen molar-refractivity contribution in [3.05, 3.63) is 35.4 Å². The largest absolute Gasteiger partial charge is 0.465 e. The van der Waals surface area contributed by atoms with E-state index in [0.29, 0.717) is 19.6 Å². The molecule has 5 heteroatoms. The lowest BCUT2D eigenvalue weighted by Gasteiger charge is -2.39. The molecule has 2 aliphatic rings. The first-order chi connectivity index (χ1) is 9.63. The molecule has 0 saturated carbocycles. The minimum atomic E-state index is -0.917. The summed E-state index contributed by atoms with van der Waals surface area (Å²) in [7, 11) is 1.64. The number of nitrogens with zero attached hydrogens (tertiary/aromatic N) is 1. The average molecular weight is 277 g/mol. The standard InChI is InChI=1S/C15H19NO4/c1-16(14(17)18)15(10-13-19-8-9-20-13)7-6-11-4-2-3-5-12(11)15/h2-5,13H,6-10H2,1H3,(H,17,18). The Morgan fingerprint density at radius 2 is 2.10 bits per heavy atom. The number of fused-ring (bicyclic) bond motifs is 1. The summed E-state index contributed by atoms with van der Waals surface area (Å²) < 4.78 is 11.1. The van der Waals surface area contributed by atoms with Crippen LogP contribution in [0.5, 0.6) is 0 Å². The SMILES string of the molecule is CN(C(=O)O)C1(CC2OCCO2)CCc2ccccc21. The van der Waals surface area contributed by atoms with E-state index in [1.54, 1.807) is 7.05 Å². The summed E-state index contributed by atoms with van der Waals surface area (Å²) in [6.45, 7) is 1.17. The van der Waals surface area contributed by atoms with Gasteiger partial charge in [-0.1, -0.05) is 24.3 Å². The normalized spacial score (nSPS) is 25.6. The lowest BCUT2D eigenvalue weighted by atomic mass is 9.86. The zero-order chi connectivity index (χ0) is 14.2. The highest BCUT2D eigenvalue weighted by molar-refractivity contribution is 5.67. The molecular formula is C15H19NO4. The van der Waals surface area contributed by atoms with Crippen LogP contribution in [0.3, 0.4) is 0 Å². The van der Waals surface area contributed by atoms with Gasteiger partial charge in [-0.2, -0.15) is 0 Å². The molecule has 0 bridgehead atoms. The Morgan fingerprint density at radius 3 is 2.80 bits per heavy atom. The summed E-state index contributed by atoms with van der Waals surface area (Å²) in [6.07, 6.45) is 0.980. The Morgan fingerprint density at radius 1 is 1.40 bits per heavy atom. The first-order valence-electron chi connectivity index (χ1n) is 6.92. The maximum atomic E-state index is 11.5. The van der Waals surface area contributed by atoms with Crippen LogP contribution in [0.2, 0.25) is 0 Å². The van der Waals surface area contributed by atoms with Crippen LogP contribution in [0.1, 0.15) is 24.0 Å². The molecule has 1 aromatic rings. The molecule has 1 fully saturated rings. The topological polar surface area (TPSA) is 59.0 Å². The van der Waals surface area contributed by atoms with Gasteiger partial charge in [0.1, 0.15) is 0 Å². The highest BCUT2D eigenvalue weighted by Crippen LogP contribution is 2.45. The van der Waals surface area contributed by atoms with Crippen molar-refractivity contribution in [3.8, 4) is 0 Å². The maximum Gasteiger partial charge on any atom is 0.407 e. The van der Waals surface area contributed by atoms with Crippen molar-refractivity contribution in [2.75, 3.05) is 20.3 Å². The number of carboxylic acid groups (broad SMARTS) is 1.